The number of sulfonamides is 1. The molecule has 0 fully saturated rings. The molecule has 2 heterocycles. The van der Waals surface area contributed by atoms with E-state index in [2.05, 4.69) is 10.3 Å². The average Bonchev–Trinajstić information content (AvgIpc) is 3.20. The molecule has 0 aliphatic rings. The molecule has 3 aromatic rings. The molecule has 0 atom stereocenters. The predicted molar refractivity (Wildman–Crippen MR) is 99.9 cm³/mol. The van der Waals surface area contributed by atoms with Crippen LogP contribution in [0.15, 0.2) is 64.2 Å². The highest BCUT2D eigenvalue weighted by molar-refractivity contribution is 7.89. The Morgan fingerprint density at radius 1 is 1.07 bits per heavy atom. The lowest BCUT2D eigenvalue weighted by Gasteiger charge is -2.10. The molecule has 29 heavy (non-hydrogen) atoms. The lowest BCUT2D eigenvalue weighted by molar-refractivity contribution is -0.121. The molecule has 0 unspecified atom stereocenters. The van der Waals surface area contributed by atoms with Crippen LogP contribution in [-0.2, 0) is 21.4 Å². The monoisotopic (exact) mass is 421 g/mol. The number of carbonyl (C=O) groups excluding carboxylic acids is 1. The zero-order valence-electron chi connectivity index (χ0n) is 15.1. The molecule has 152 valence electrons. The fraction of sp³-hybridized carbons (Fsp3) is 0.158. The van der Waals surface area contributed by atoms with Crippen molar-refractivity contribution in [1.29, 1.82) is 0 Å². The van der Waals surface area contributed by atoms with Crippen molar-refractivity contribution < 1.29 is 26.4 Å². The van der Waals surface area contributed by atoms with E-state index in [1.807, 2.05) is 4.72 Å². The maximum absolute atomic E-state index is 13.6. The van der Waals surface area contributed by atoms with Crippen LogP contribution in [0.25, 0.3) is 11.5 Å². The van der Waals surface area contributed by atoms with Crippen LogP contribution in [0, 0.1) is 11.6 Å². The molecule has 0 saturated carbocycles. The summed E-state index contributed by atoms with van der Waals surface area (Å²) in [4.78, 5) is 15.2. The van der Waals surface area contributed by atoms with Crippen molar-refractivity contribution in [2.45, 2.75) is 17.9 Å². The van der Waals surface area contributed by atoms with Crippen molar-refractivity contribution in [2.24, 2.45) is 0 Å². The Morgan fingerprint density at radius 2 is 1.83 bits per heavy atom. The molecule has 7 nitrogen and oxygen atoms in total. The van der Waals surface area contributed by atoms with Crippen LogP contribution in [0.5, 0.6) is 0 Å². The molecule has 1 amide bonds. The van der Waals surface area contributed by atoms with E-state index in [1.54, 1.807) is 30.5 Å². The van der Waals surface area contributed by atoms with E-state index in [0.717, 1.165) is 18.2 Å². The van der Waals surface area contributed by atoms with Gasteiger partial charge in [0.25, 0.3) is 0 Å². The minimum Gasteiger partial charge on any atom is -0.463 e. The Bertz CT molecular complexity index is 1080. The summed E-state index contributed by atoms with van der Waals surface area (Å²) >= 11 is 0. The second-order valence-corrected chi connectivity index (χ2v) is 7.67. The Morgan fingerprint density at radius 3 is 2.52 bits per heavy atom. The number of nitrogens with one attached hydrogen (secondary N) is 2. The van der Waals surface area contributed by atoms with Gasteiger partial charge >= 0.3 is 0 Å². The minimum atomic E-state index is -4.42. The number of hydrogen-bond acceptors (Lipinski definition) is 5. The van der Waals surface area contributed by atoms with Crippen LogP contribution in [0.3, 0.4) is 0 Å². The van der Waals surface area contributed by atoms with Gasteiger partial charge < -0.3 is 9.73 Å². The molecular formula is C19H17F2N3O4S. The van der Waals surface area contributed by atoms with E-state index in [0.29, 0.717) is 17.0 Å². The third-order valence-corrected chi connectivity index (χ3v) is 5.47. The van der Waals surface area contributed by atoms with E-state index in [1.165, 1.54) is 6.26 Å². The number of nitrogens with zero attached hydrogens (tertiary/aromatic N) is 1. The average molecular weight is 421 g/mol. The van der Waals surface area contributed by atoms with Gasteiger partial charge in [-0.15, -0.1) is 0 Å². The SMILES string of the molecule is O=C(CCNS(=O)(=O)c1c(F)cccc1F)NCc1cccnc1-c1ccco1. The summed E-state index contributed by atoms with van der Waals surface area (Å²) in [5, 5.41) is 2.65. The number of halogens is 2. The van der Waals surface area contributed by atoms with Gasteiger partial charge in [0.1, 0.15) is 17.3 Å². The predicted octanol–water partition coefficient (Wildman–Crippen LogP) is 2.60. The summed E-state index contributed by atoms with van der Waals surface area (Å²) < 4.78 is 58.8. The molecule has 0 aliphatic heterocycles. The quantitative estimate of drug-likeness (QED) is 0.582. The van der Waals surface area contributed by atoms with Crippen LogP contribution in [0.4, 0.5) is 8.78 Å². The molecule has 0 spiro atoms. The number of pyridine rings is 1. The van der Waals surface area contributed by atoms with Crippen molar-refractivity contribution in [3.05, 3.63) is 72.1 Å². The zero-order chi connectivity index (χ0) is 20.9. The number of aromatic nitrogens is 1. The van der Waals surface area contributed by atoms with Crippen LogP contribution in [0.1, 0.15) is 12.0 Å². The van der Waals surface area contributed by atoms with Crippen LogP contribution in [-0.4, -0.2) is 25.9 Å². The van der Waals surface area contributed by atoms with E-state index in [9.17, 15) is 22.0 Å². The number of rotatable bonds is 8. The van der Waals surface area contributed by atoms with Gasteiger partial charge in [-0.1, -0.05) is 12.1 Å². The fourth-order valence-electron chi connectivity index (χ4n) is 2.61. The summed E-state index contributed by atoms with van der Waals surface area (Å²) in [5.41, 5.74) is 1.29. The lowest BCUT2D eigenvalue weighted by atomic mass is 10.1. The number of amides is 1. The first-order valence-electron chi connectivity index (χ1n) is 8.56. The normalized spacial score (nSPS) is 11.4. The molecule has 3 rings (SSSR count). The molecular weight excluding hydrogens is 404 g/mol. The summed E-state index contributed by atoms with van der Waals surface area (Å²) in [6.07, 6.45) is 2.89. The second kappa shape index (κ2) is 8.93. The smallest absolute Gasteiger partial charge is 0.246 e. The van der Waals surface area contributed by atoms with Crippen LogP contribution < -0.4 is 10.0 Å². The van der Waals surface area contributed by atoms with Gasteiger partial charge in [-0.05, 0) is 30.3 Å². The number of benzene rings is 1. The molecule has 0 bridgehead atoms. The van der Waals surface area contributed by atoms with Gasteiger partial charge in [0.05, 0.1) is 6.26 Å². The first-order valence-corrected chi connectivity index (χ1v) is 10.0. The zero-order valence-corrected chi connectivity index (χ0v) is 15.9. The molecule has 2 N–H and O–H groups in total. The van der Waals surface area contributed by atoms with Crippen molar-refractivity contribution in [3.8, 4) is 11.5 Å². The molecule has 0 aliphatic carbocycles. The van der Waals surface area contributed by atoms with Gasteiger partial charge in [-0.2, -0.15) is 0 Å². The number of carbonyl (C=O) groups is 1. The minimum absolute atomic E-state index is 0.150. The third-order valence-electron chi connectivity index (χ3n) is 3.95. The van der Waals surface area contributed by atoms with Crippen molar-refractivity contribution >= 4 is 15.9 Å². The Kier molecular flexibility index (Phi) is 6.35. The first kappa shape index (κ1) is 20.6. The maximum Gasteiger partial charge on any atom is 0.246 e. The highest BCUT2D eigenvalue weighted by Gasteiger charge is 2.23. The van der Waals surface area contributed by atoms with Gasteiger partial charge in [-0.3, -0.25) is 9.78 Å². The van der Waals surface area contributed by atoms with E-state index < -0.39 is 32.5 Å². The summed E-state index contributed by atoms with van der Waals surface area (Å²) in [5.74, 6) is -2.31. The van der Waals surface area contributed by atoms with Gasteiger partial charge in [0, 0.05) is 31.3 Å². The van der Waals surface area contributed by atoms with Gasteiger partial charge in [-0.25, -0.2) is 21.9 Å². The van der Waals surface area contributed by atoms with Crippen molar-refractivity contribution in [1.82, 2.24) is 15.0 Å². The Hall–Kier alpha value is -3.11. The van der Waals surface area contributed by atoms with Gasteiger partial charge in [0.2, 0.25) is 15.9 Å². The Balaban J connectivity index is 1.55. The molecule has 10 heteroatoms. The number of furan rings is 1. The van der Waals surface area contributed by atoms with E-state index in [-0.39, 0.29) is 19.5 Å². The lowest BCUT2D eigenvalue weighted by Crippen LogP contribution is -2.31. The van der Waals surface area contributed by atoms with Gasteiger partial charge in [0.15, 0.2) is 10.7 Å². The standard InChI is InChI=1S/C19H17F2N3O4S/c20-14-5-1-6-15(21)19(14)29(26,27)24-10-8-17(25)23-12-13-4-2-9-22-18(13)16-7-3-11-28-16/h1-7,9,11,24H,8,10,12H2,(H,23,25). The van der Waals surface area contributed by atoms with Crippen LogP contribution in [0.2, 0.25) is 0 Å². The highest BCUT2D eigenvalue weighted by atomic mass is 32.2. The fourth-order valence-corrected chi connectivity index (χ4v) is 3.77. The second-order valence-electron chi connectivity index (χ2n) is 5.96. The first-order chi connectivity index (χ1) is 13.9. The maximum atomic E-state index is 13.6. The molecule has 2 aromatic heterocycles. The third kappa shape index (κ3) is 5.04. The highest BCUT2D eigenvalue weighted by Crippen LogP contribution is 2.21. The molecule has 1 aromatic carbocycles. The van der Waals surface area contributed by atoms with Crippen molar-refractivity contribution in [2.75, 3.05) is 6.54 Å². The topological polar surface area (TPSA) is 101 Å². The number of hydrogen-bond donors (Lipinski definition) is 2. The molecule has 0 saturated heterocycles. The summed E-state index contributed by atoms with van der Waals surface area (Å²) in [6, 6.07) is 9.69. The summed E-state index contributed by atoms with van der Waals surface area (Å²) in [6.45, 7) is -0.169. The van der Waals surface area contributed by atoms with Crippen molar-refractivity contribution in [3.63, 3.8) is 0 Å². The Labute approximate surface area is 165 Å². The molecule has 0 radical (unpaired) electrons. The van der Waals surface area contributed by atoms with E-state index >= 15 is 0 Å². The van der Waals surface area contributed by atoms with E-state index in [4.69, 9.17) is 4.42 Å². The largest absolute Gasteiger partial charge is 0.463 e. The van der Waals surface area contributed by atoms with Crippen LogP contribution >= 0.6 is 0 Å². The summed E-state index contributed by atoms with van der Waals surface area (Å²) in [7, 11) is -4.42.